The van der Waals surface area contributed by atoms with Gasteiger partial charge in [0.2, 0.25) is 10.0 Å². The Bertz CT molecular complexity index is 685. The molecule has 2 aromatic rings. The third kappa shape index (κ3) is 4.04. The van der Waals surface area contributed by atoms with Gasteiger partial charge in [-0.05, 0) is 35.4 Å². The monoisotopic (exact) mass is 294 g/mol. The number of anilines is 1. The Balaban J connectivity index is 2.12. The fourth-order valence-corrected chi connectivity index (χ4v) is 2.97. The lowest BCUT2D eigenvalue weighted by atomic mass is 10.2. The van der Waals surface area contributed by atoms with Crippen LogP contribution in [0.2, 0.25) is 0 Å². The maximum atomic E-state index is 12.8. The smallest absolute Gasteiger partial charge is 0.236 e. The molecule has 2 rings (SSSR count). The van der Waals surface area contributed by atoms with Crippen LogP contribution in [0.3, 0.4) is 0 Å². The van der Waals surface area contributed by atoms with E-state index in [9.17, 15) is 12.8 Å². The lowest BCUT2D eigenvalue weighted by Gasteiger charge is -2.09. The molecule has 0 bridgehead atoms. The van der Waals surface area contributed by atoms with Gasteiger partial charge in [-0.15, -0.1) is 0 Å². The Hall–Kier alpha value is -1.92. The largest absolute Gasteiger partial charge is 0.326 e. The van der Waals surface area contributed by atoms with Gasteiger partial charge in [-0.25, -0.2) is 12.8 Å². The summed E-state index contributed by atoms with van der Waals surface area (Å²) in [6, 6.07) is 12.3. The molecule has 0 unspecified atom stereocenters. The molecule has 0 aliphatic rings. The highest BCUT2D eigenvalue weighted by molar-refractivity contribution is 7.91. The summed E-state index contributed by atoms with van der Waals surface area (Å²) >= 11 is 0. The van der Waals surface area contributed by atoms with Crippen LogP contribution in [0.1, 0.15) is 11.1 Å². The fourth-order valence-electron chi connectivity index (χ4n) is 1.78. The van der Waals surface area contributed by atoms with Crippen molar-refractivity contribution in [1.29, 1.82) is 0 Å². The summed E-state index contributed by atoms with van der Waals surface area (Å²) in [5.74, 6) is -0.602. The Morgan fingerprint density at radius 1 is 1.05 bits per heavy atom. The number of hydrogen-bond donors (Lipinski definition) is 2. The van der Waals surface area contributed by atoms with Crippen molar-refractivity contribution in [2.75, 3.05) is 4.72 Å². The van der Waals surface area contributed by atoms with Crippen LogP contribution in [-0.4, -0.2) is 8.42 Å². The standard InChI is InChI=1S/C14H15FN2O2S/c15-13-6-4-11(5-7-13)10-20(18,19)17-14-3-1-2-12(8-14)9-16/h1-8,17H,9-10,16H2. The van der Waals surface area contributed by atoms with Crippen LogP contribution >= 0.6 is 0 Å². The van der Waals surface area contributed by atoms with Crippen molar-refractivity contribution in [3.63, 3.8) is 0 Å². The van der Waals surface area contributed by atoms with Crippen LogP contribution < -0.4 is 10.5 Å². The van der Waals surface area contributed by atoms with Crippen molar-refractivity contribution in [3.05, 3.63) is 65.5 Å². The predicted molar refractivity (Wildman–Crippen MR) is 77.0 cm³/mol. The van der Waals surface area contributed by atoms with Gasteiger partial charge in [-0.1, -0.05) is 24.3 Å². The van der Waals surface area contributed by atoms with E-state index in [1.54, 1.807) is 18.2 Å². The zero-order valence-corrected chi connectivity index (χ0v) is 11.5. The number of nitrogens with two attached hydrogens (primary N) is 1. The van der Waals surface area contributed by atoms with Crippen molar-refractivity contribution in [2.24, 2.45) is 5.73 Å². The van der Waals surface area contributed by atoms with Crippen molar-refractivity contribution < 1.29 is 12.8 Å². The summed E-state index contributed by atoms with van der Waals surface area (Å²) in [5.41, 5.74) is 7.34. The van der Waals surface area contributed by atoms with Crippen molar-refractivity contribution in [1.82, 2.24) is 0 Å². The minimum Gasteiger partial charge on any atom is -0.326 e. The molecule has 0 saturated carbocycles. The highest BCUT2D eigenvalue weighted by Gasteiger charge is 2.12. The molecule has 0 aliphatic carbocycles. The second kappa shape index (κ2) is 6.02. The van der Waals surface area contributed by atoms with Crippen LogP contribution in [0.25, 0.3) is 0 Å². The summed E-state index contributed by atoms with van der Waals surface area (Å²) in [4.78, 5) is 0. The topological polar surface area (TPSA) is 72.2 Å². The summed E-state index contributed by atoms with van der Waals surface area (Å²) in [7, 11) is -3.54. The van der Waals surface area contributed by atoms with E-state index < -0.39 is 15.8 Å². The van der Waals surface area contributed by atoms with E-state index >= 15 is 0 Å². The van der Waals surface area contributed by atoms with Gasteiger partial charge >= 0.3 is 0 Å². The zero-order chi connectivity index (χ0) is 14.6. The second-order valence-corrected chi connectivity index (χ2v) is 6.11. The molecule has 0 aliphatic heterocycles. The maximum absolute atomic E-state index is 12.8. The molecule has 0 atom stereocenters. The highest BCUT2D eigenvalue weighted by Crippen LogP contribution is 2.14. The average molecular weight is 294 g/mol. The lowest BCUT2D eigenvalue weighted by Crippen LogP contribution is -2.15. The molecule has 6 heteroatoms. The summed E-state index contributed by atoms with van der Waals surface area (Å²) in [6.07, 6.45) is 0. The predicted octanol–water partition coefficient (Wildman–Crippen LogP) is 2.23. The van der Waals surface area contributed by atoms with E-state index in [2.05, 4.69) is 4.72 Å². The molecule has 0 amide bonds. The van der Waals surface area contributed by atoms with E-state index in [4.69, 9.17) is 5.73 Å². The third-order valence-corrected chi connectivity index (χ3v) is 3.97. The minimum atomic E-state index is -3.54. The molecule has 0 saturated heterocycles. The second-order valence-electron chi connectivity index (χ2n) is 4.39. The fraction of sp³-hybridized carbons (Fsp3) is 0.143. The quantitative estimate of drug-likeness (QED) is 0.888. The zero-order valence-electron chi connectivity index (χ0n) is 10.7. The first-order valence-corrected chi connectivity index (χ1v) is 7.68. The maximum Gasteiger partial charge on any atom is 0.236 e. The van der Waals surface area contributed by atoms with Crippen molar-refractivity contribution in [3.8, 4) is 0 Å². The number of rotatable bonds is 5. The van der Waals surface area contributed by atoms with Gasteiger partial charge in [0.1, 0.15) is 5.82 Å². The van der Waals surface area contributed by atoms with Gasteiger partial charge in [-0.3, -0.25) is 4.72 Å². The van der Waals surface area contributed by atoms with Crippen LogP contribution in [0.5, 0.6) is 0 Å². The summed E-state index contributed by atoms with van der Waals surface area (Å²) in [6.45, 7) is 0.341. The summed E-state index contributed by atoms with van der Waals surface area (Å²) < 4.78 is 39.3. The third-order valence-electron chi connectivity index (χ3n) is 2.71. The van der Waals surface area contributed by atoms with Crippen LogP contribution in [0.15, 0.2) is 48.5 Å². The Morgan fingerprint density at radius 2 is 1.75 bits per heavy atom. The van der Waals surface area contributed by atoms with E-state index in [0.29, 0.717) is 17.8 Å². The van der Waals surface area contributed by atoms with E-state index in [1.165, 1.54) is 24.3 Å². The molecule has 0 spiro atoms. The van der Waals surface area contributed by atoms with Gasteiger partial charge in [0, 0.05) is 12.2 Å². The van der Waals surface area contributed by atoms with Crippen molar-refractivity contribution >= 4 is 15.7 Å². The van der Waals surface area contributed by atoms with Gasteiger partial charge in [0.05, 0.1) is 5.75 Å². The molecule has 20 heavy (non-hydrogen) atoms. The number of nitrogens with one attached hydrogen (secondary N) is 1. The first-order chi connectivity index (χ1) is 9.48. The lowest BCUT2D eigenvalue weighted by molar-refractivity contribution is 0.600. The first kappa shape index (κ1) is 14.5. The number of halogens is 1. The molecular formula is C14H15FN2O2S. The van der Waals surface area contributed by atoms with Crippen LogP contribution in [0, 0.1) is 5.82 Å². The van der Waals surface area contributed by atoms with Crippen LogP contribution in [-0.2, 0) is 22.3 Å². The van der Waals surface area contributed by atoms with Gasteiger partial charge in [0.15, 0.2) is 0 Å². The normalized spacial score (nSPS) is 11.3. The Labute approximate surface area is 117 Å². The highest BCUT2D eigenvalue weighted by atomic mass is 32.2. The van der Waals surface area contributed by atoms with Gasteiger partial charge in [-0.2, -0.15) is 0 Å². The SMILES string of the molecule is NCc1cccc(NS(=O)(=O)Cc2ccc(F)cc2)c1. The van der Waals surface area contributed by atoms with Crippen LogP contribution in [0.4, 0.5) is 10.1 Å². The van der Waals surface area contributed by atoms with E-state index in [1.807, 2.05) is 6.07 Å². The molecule has 0 fully saturated rings. The Morgan fingerprint density at radius 3 is 2.40 bits per heavy atom. The molecular weight excluding hydrogens is 279 g/mol. The van der Waals surface area contributed by atoms with E-state index in [0.717, 1.165) is 5.56 Å². The molecule has 0 radical (unpaired) electrons. The molecule has 3 N–H and O–H groups in total. The Kier molecular flexibility index (Phi) is 4.36. The molecule has 2 aromatic carbocycles. The van der Waals surface area contributed by atoms with Gasteiger partial charge < -0.3 is 5.73 Å². The molecule has 0 heterocycles. The number of sulfonamides is 1. The van der Waals surface area contributed by atoms with E-state index in [-0.39, 0.29) is 5.75 Å². The number of benzene rings is 2. The summed E-state index contributed by atoms with van der Waals surface area (Å²) in [5, 5.41) is 0. The average Bonchev–Trinajstić information content (AvgIpc) is 2.41. The molecule has 4 nitrogen and oxygen atoms in total. The van der Waals surface area contributed by atoms with Gasteiger partial charge in [0.25, 0.3) is 0 Å². The molecule has 106 valence electrons. The first-order valence-electron chi connectivity index (χ1n) is 6.02. The molecule has 0 aromatic heterocycles. The number of hydrogen-bond acceptors (Lipinski definition) is 3. The minimum absolute atomic E-state index is 0.208. The van der Waals surface area contributed by atoms with Crippen molar-refractivity contribution in [2.45, 2.75) is 12.3 Å².